The standard InChI is InChI=1S/C11H11N3O/c1-2-13-11(7-12)8-5-3-4-6-9(8)14-10(11)15/h3-6,13H,2H2,1H3,(H,14,15). The van der Waals surface area contributed by atoms with Crippen LogP contribution in [0.4, 0.5) is 5.69 Å². The van der Waals surface area contributed by atoms with Gasteiger partial charge < -0.3 is 5.32 Å². The molecule has 0 saturated carbocycles. The monoisotopic (exact) mass is 201 g/mol. The number of rotatable bonds is 2. The summed E-state index contributed by atoms with van der Waals surface area (Å²) >= 11 is 0. The van der Waals surface area contributed by atoms with Crippen LogP contribution in [0.25, 0.3) is 0 Å². The lowest BCUT2D eigenvalue weighted by Crippen LogP contribution is -2.46. The van der Waals surface area contributed by atoms with Crippen LogP contribution in [-0.2, 0) is 10.3 Å². The van der Waals surface area contributed by atoms with E-state index >= 15 is 0 Å². The highest BCUT2D eigenvalue weighted by atomic mass is 16.2. The number of likely N-dealkylation sites (N-methyl/N-ethyl adjacent to an activating group) is 1. The lowest BCUT2D eigenvalue weighted by Gasteiger charge is -2.19. The Bertz CT molecular complexity index is 449. The second kappa shape index (κ2) is 3.37. The first kappa shape index (κ1) is 9.69. The number of anilines is 1. The fourth-order valence-electron chi connectivity index (χ4n) is 1.85. The highest BCUT2D eigenvalue weighted by Gasteiger charge is 2.46. The van der Waals surface area contributed by atoms with Crippen LogP contribution in [0.5, 0.6) is 0 Å². The van der Waals surface area contributed by atoms with Gasteiger partial charge in [0.05, 0.1) is 0 Å². The maximum atomic E-state index is 11.8. The minimum Gasteiger partial charge on any atom is -0.323 e. The smallest absolute Gasteiger partial charge is 0.264 e. The largest absolute Gasteiger partial charge is 0.323 e. The Kier molecular flexibility index (Phi) is 2.18. The average Bonchev–Trinajstić information content (AvgIpc) is 2.53. The van der Waals surface area contributed by atoms with Crippen molar-refractivity contribution < 1.29 is 4.79 Å². The highest BCUT2D eigenvalue weighted by molar-refractivity contribution is 6.07. The molecule has 15 heavy (non-hydrogen) atoms. The van der Waals surface area contributed by atoms with E-state index in [1.165, 1.54) is 0 Å². The Labute approximate surface area is 87.9 Å². The predicted octanol–water partition coefficient (Wildman–Crippen LogP) is 0.967. The molecule has 76 valence electrons. The second-order valence-corrected chi connectivity index (χ2v) is 3.39. The molecule has 0 aromatic heterocycles. The van der Waals surface area contributed by atoms with Crippen LogP contribution in [0.2, 0.25) is 0 Å². The number of benzene rings is 1. The molecule has 1 aromatic carbocycles. The molecule has 0 bridgehead atoms. The van der Waals surface area contributed by atoms with Gasteiger partial charge in [0.25, 0.3) is 5.91 Å². The van der Waals surface area contributed by atoms with Gasteiger partial charge in [-0.05, 0) is 12.6 Å². The number of fused-ring (bicyclic) bond motifs is 1. The number of nitrogens with one attached hydrogen (secondary N) is 2. The third-order valence-corrected chi connectivity index (χ3v) is 2.53. The van der Waals surface area contributed by atoms with Gasteiger partial charge in [-0.25, -0.2) is 0 Å². The van der Waals surface area contributed by atoms with Crippen molar-refractivity contribution in [1.29, 1.82) is 5.26 Å². The molecule has 2 N–H and O–H groups in total. The van der Waals surface area contributed by atoms with Crippen molar-refractivity contribution in [1.82, 2.24) is 5.32 Å². The van der Waals surface area contributed by atoms with Gasteiger partial charge in [0.15, 0.2) is 0 Å². The molecule has 4 nitrogen and oxygen atoms in total. The average molecular weight is 201 g/mol. The first-order valence-corrected chi connectivity index (χ1v) is 4.82. The van der Waals surface area contributed by atoms with E-state index in [9.17, 15) is 10.1 Å². The molecular formula is C11H11N3O. The van der Waals surface area contributed by atoms with Crippen LogP contribution in [0, 0.1) is 11.3 Å². The summed E-state index contributed by atoms with van der Waals surface area (Å²) in [5.41, 5.74) is 0.204. The molecule has 1 aliphatic heterocycles. The fraction of sp³-hybridized carbons (Fsp3) is 0.273. The highest BCUT2D eigenvalue weighted by Crippen LogP contribution is 2.34. The van der Waals surface area contributed by atoms with Gasteiger partial charge in [-0.15, -0.1) is 0 Å². The summed E-state index contributed by atoms with van der Waals surface area (Å²) in [6.45, 7) is 2.43. The summed E-state index contributed by atoms with van der Waals surface area (Å²) in [5.74, 6) is -0.298. The van der Waals surface area contributed by atoms with E-state index in [1.54, 1.807) is 12.1 Å². The number of hydrogen-bond donors (Lipinski definition) is 2. The summed E-state index contributed by atoms with van der Waals surface area (Å²) in [6, 6.07) is 9.30. The Morgan fingerprint density at radius 3 is 2.93 bits per heavy atom. The molecule has 4 heteroatoms. The van der Waals surface area contributed by atoms with Gasteiger partial charge in [0.1, 0.15) is 6.07 Å². The van der Waals surface area contributed by atoms with Crippen LogP contribution in [0.1, 0.15) is 12.5 Å². The number of carbonyl (C=O) groups is 1. The summed E-state index contributed by atoms with van der Waals surface area (Å²) in [5, 5.41) is 14.8. The van der Waals surface area contributed by atoms with Crippen LogP contribution < -0.4 is 10.6 Å². The van der Waals surface area contributed by atoms with Crippen molar-refractivity contribution in [2.24, 2.45) is 0 Å². The molecule has 2 rings (SSSR count). The summed E-state index contributed by atoms with van der Waals surface area (Å²) in [4.78, 5) is 11.8. The Morgan fingerprint density at radius 1 is 1.53 bits per heavy atom. The van der Waals surface area contributed by atoms with E-state index in [1.807, 2.05) is 19.1 Å². The van der Waals surface area contributed by atoms with E-state index in [0.29, 0.717) is 17.8 Å². The zero-order valence-electron chi connectivity index (χ0n) is 8.37. The fourth-order valence-corrected chi connectivity index (χ4v) is 1.85. The first-order chi connectivity index (χ1) is 7.24. The molecule has 1 unspecified atom stereocenters. The van der Waals surface area contributed by atoms with Crippen molar-refractivity contribution in [3.8, 4) is 6.07 Å². The minimum atomic E-state index is -1.22. The van der Waals surface area contributed by atoms with Crippen molar-refractivity contribution >= 4 is 11.6 Å². The molecule has 0 saturated heterocycles. The van der Waals surface area contributed by atoms with Crippen LogP contribution in [-0.4, -0.2) is 12.5 Å². The SMILES string of the molecule is CCNC1(C#N)C(=O)Nc2ccccc21. The Balaban J connectivity index is 2.58. The van der Waals surface area contributed by atoms with E-state index in [4.69, 9.17) is 0 Å². The van der Waals surface area contributed by atoms with Crippen LogP contribution in [0.3, 0.4) is 0 Å². The zero-order chi connectivity index (χ0) is 10.9. The summed E-state index contributed by atoms with van der Waals surface area (Å²) in [7, 11) is 0. The van der Waals surface area contributed by atoms with Crippen LogP contribution in [0.15, 0.2) is 24.3 Å². The van der Waals surface area contributed by atoms with Crippen molar-refractivity contribution in [3.05, 3.63) is 29.8 Å². The third kappa shape index (κ3) is 1.21. The number of carbonyl (C=O) groups excluding carboxylic acids is 1. The molecule has 0 fully saturated rings. The van der Waals surface area contributed by atoms with Crippen molar-refractivity contribution in [2.45, 2.75) is 12.5 Å². The number of para-hydroxylation sites is 1. The molecule has 0 aliphatic carbocycles. The summed E-state index contributed by atoms with van der Waals surface area (Å²) < 4.78 is 0. The van der Waals surface area contributed by atoms with Crippen molar-refractivity contribution in [2.75, 3.05) is 11.9 Å². The zero-order valence-corrected chi connectivity index (χ0v) is 8.37. The van der Waals surface area contributed by atoms with Gasteiger partial charge in [-0.2, -0.15) is 5.26 Å². The molecule has 1 aromatic rings. The molecule has 0 spiro atoms. The molecule has 1 atom stereocenters. The second-order valence-electron chi connectivity index (χ2n) is 3.39. The van der Waals surface area contributed by atoms with Gasteiger partial charge in [-0.1, -0.05) is 25.1 Å². The Hall–Kier alpha value is -1.86. The van der Waals surface area contributed by atoms with Gasteiger partial charge in [0.2, 0.25) is 5.54 Å². The maximum Gasteiger partial charge on any atom is 0.264 e. The molecule has 1 amide bonds. The predicted molar refractivity (Wildman–Crippen MR) is 56.0 cm³/mol. The number of nitriles is 1. The number of amides is 1. The summed E-state index contributed by atoms with van der Waals surface area (Å²) in [6.07, 6.45) is 0. The molecule has 0 radical (unpaired) electrons. The van der Waals surface area contributed by atoms with E-state index < -0.39 is 5.54 Å². The molecule has 1 heterocycles. The Morgan fingerprint density at radius 2 is 2.27 bits per heavy atom. The minimum absolute atomic E-state index is 0.298. The van der Waals surface area contributed by atoms with Gasteiger partial charge >= 0.3 is 0 Å². The lowest BCUT2D eigenvalue weighted by molar-refractivity contribution is -0.120. The topological polar surface area (TPSA) is 64.9 Å². The first-order valence-electron chi connectivity index (χ1n) is 4.82. The lowest BCUT2D eigenvalue weighted by atomic mass is 9.93. The van der Waals surface area contributed by atoms with E-state index in [0.717, 1.165) is 0 Å². The quantitative estimate of drug-likeness (QED) is 0.749. The van der Waals surface area contributed by atoms with E-state index in [2.05, 4.69) is 16.7 Å². The number of hydrogen-bond acceptors (Lipinski definition) is 3. The molecular weight excluding hydrogens is 190 g/mol. The van der Waals surface area contributed by atoms with Crippen LogP contribution >= 0.6 is 0 Å². The van der Waals surface area contributed by atoms with E-state index in [-0.39, 0.29) is 5.91 Å². The molecule has 1 aliphatic rings. The third-order valence-electron chi connectivity index (χ3n) is 2.53. The maximum absolute atomic E-state index is 11.8. The van der Waals surface area contributed by atoms with Gasteiger partial charge in [0, 0.05) is 11.3 Å². The van der Waals surface area contributed by atoms with Crippen molar-refractivity contribution in [3.63, 3.8) is 0 Å². The number of nitrogens with zero attached hydrogens (tertiary/aromatic N) is 1. The normalized spacial score (nSPS) is 23.1. The van der Waals surface area contributed by atoms with Gasteiger partial charge in [-0.3, -0.25) is 10.1 Å².